The molecule has 1 heterocycles. The van der Waals surface area contributed by atoms with Crippen LogP contribution in [0, 0.1) is 6.92 Å². The number of rotatable bonds is 1. The van der Waals surface area contributed by atoms with Gasteiger partial charge in [0.05, 0.1) is 0 Å². The van der Waals surface area contributed by atoms with Crippen LogP contribution in [-0.4, -0.2) is 4.98 Å². The van der Waals surface area contributed by atoms with Gasteiger partial charge in [0, 0.05) is 16.6 Å². The van der Waals surface area contributed by atoms with Crippen LogP contribution >= 0.6 is 0 Å². The molecule has 2 aromatic carbocycles. The fourth-order valence-electron chi connectivity index (χ4n) is 3.54. The zero-order chi connectivity index (χ0) is 13.5. The molecule has 1 aromatic heterocycles. The third-order valence-corrected chi connectivity index (χ3v) is 4.61. The predicted octanol–water partition coefficient (Wildman–Crippen LogP) is 4.75. The number of nitrogens with one attached hydrogen (secondary N) is 1. The van der Waals surface area contributed by atoms with Crippen LogP contribution in [0.15, 0.2) is 48.5 Å². The highest BCUT2D eigenvalue weighted by molar-refractivity contribution is 5.85. The second-order valence-electron chi connectivity index (χ2n) is 5.98. The largest absolute Gasteiger partial charge is 0.358 e. The van der Waals surface area contributed by atoms with Gasteiger partial charge >= 0.3 is 0 Å². The predicted molar refractivity (Wildman–Crippen MR) is 84.2 cm³/mol. The number of benzene rings is 2. The quantitative estimate of drug-likeness (QED) is 0.650. The summed E-state index contributed by atoms with van der Waals surface area (Å²) in [5.74, 6) is 0.670. The summed E-state index contributed by atoms with van der Waals surface area (Å²) in [5, 5.41) is 1.43. The number of hydrogen-bond donors (Lipinski definition) is 1. The summed E-state index contributed by atoms with van der Waals surface area (Å²) in [6, 6.07) is 17.7. The molecule has 0 fully saturated rings. The highest BCUT2D eigenvalue weighted by Gasteiger charge is 2.23. The topological polar surface area (TPSA) is 15.8 Å². The highest BCUT2D eigenvalue weighted by atomic mass is 14.7. The van der Waals surface area contributed by atoms with Gasteiger partial charge in [0.1, 0.15) is 0 Å². The van der Waals surface area contributed by atoms with Crippen molar-refractivity contribution in [3.05, 3.63) is 70.9 Å². The molecule has 0 saturated heterocycles. The molecule has 0 spiro atoms. The third kappa shape index (κ3) is 1.85. The van der Waals surface area contributed by atoms with Gasteiger partial charge in [-0.15, -0.1) is 0 Å². The highest BCUT2D eigenvalue weighted by Crippen LogP contribution is 2.36. The second kappa shape index (κ2) is 4.52. The Bertz CT molecular complexity index is 752. The van der Waals surface area contributed by atoms with Crippen molar-refractivity contribution in [2.75, 3.05) is 0 Å². The van der Waals surface area contributed by atoms with E-state index in [2.05, 4.69) is 60.4 Å². The van der Waals surface area contributed by atoms with Gasteiger partial charge in [-0.3, -0.25) is 0 Å². The van der Waals surface area contributed by atoms with Crippen molar-refractivity contribution in [2.24, 2.45) is 0 Å². The molecule has 1 aliphatic rings. The van der Waals surface area contributed by atoms with Crippen LogP contribution in [0.4, 0.5) is 0 Å². The average Bonchev–Trinajstić information content (AvgIpc) is 2.85. The molecule has 0 bridgehead atoms. The van der Waals surface area contributed by atoms with Crippen molar-refractivity contribution in [1.82, 2.24) is 4.98 Å². The molecular weight excluding hydrogens is 242 g/mol. The van der Waals surface area contributed by atoms with E-state index >= 15 is 0 Å². The molecule has 1 nitrogen and oxygen atoms in total. The first-order chi connectivity index (χ1) is 9.81. The van der Waals surface area contributed by atoms with Crippen molar-refractivity contribution in [3.63, 3.8) is 0 Å². The van der Waals surface area contributed by atoms with Crippen molar-refractivity contribution in [2.45, 2.75) is 32.1 Å². The normalized spacial score (nSPS) is 18.1. The number of fused-ring (bicyclic) bond motifs is 3. The maximum absolute atomic E-state index is 3.62. The molecule has 1 N–H and O–H groups in total. The lowest BCUT2D eigenvalue weighted by atomic mass is 9.82. The van der Waals surface area contributed by atoms with Crippen LogP contribution in [0.5, 0.6) is 0 Å². The molecule has 1 unspecified atom stereocenters. The molecule has 1 heteroatoms. The van der Waals surface area contributed by atoms with Crippen LogP contribution in [0.25, 0.3) is 10.9 Å². The van der Waals surface area contributed by atoms with E-state index in [9.17, 15) is 0 Å². The van der Waals surface area contributed by atoms with Gasteiger partial charge in [0.15, 0.2) is 0 Å². The summed E-state index contributed by atoms with van der Waals surface area (Å²) in [6.45, 7) is 2.18. The minimum atomic E-state index is 0.670. The molecule has 4 rings (SSSR count). The Balaban J connectivity index is 1.78. The van der Waals surface area contributed by atoms with E-state index in [1.54, 1.807) is 5.56 Å². The first-order valence-electron chi connectivity index (χ1n) is 7.46. The minimum Gasteiger partial charge on any atom is -0.358 e. The van der Waals surface area contributed by atoms with E-state index < -0.39 is 0 Å². The summed E-state index contributed by atoms with van der Waals surface area (Å²) >= 11 is 0. The maximum Gasteiger partial charge on any atom is 0.0459 e. The summed E-state index contributed by atoms with van der Waals surface area (Å²) in [6.07, 6.45) is 3.59. The van der Waals surface area contributed by atoms with E-state index in [0.717, 1.165) is 0 Å². The van der Waals surface area contributed by atoms with E-state index in [4.69, 9.17) is 0 Å². The Morgan fingerprint density at radius 3 is 2.75 bits per heavy atom. The maximum atomic E-state index is 3.62. The smallest absolute Gasteiger partial charge is 0.0459 e. The summed E-state index contributed by atoms with van der Waals surface area (Å²) in [4.78, 5) is 3.62. The fourth-order valence-corrected chi connectivity index (χ4v) is 3.54. The van der Waals surface area contributed by atoms with Crippen molar-refractivity contribution in [3.8, 4) is 0 Å². The molecular formula is C19H19N. The van der Waals surface area contributed by atoms with Gasteiger partial charge in [-0.2, -0.15) is 0 Å². The summed E-state index contributed by atoms with van der Waals surface area (Å²) in [7, 11) is 0. The standard InChI is InChI=1S/C19H19N/c1-13-7-9-18-16(11-13)17-12-15(8-10-19(17)20-18)14-5-3-2-4-6-14/h2-7,9,11,15,20H,8,10,12H2,1H3. The zero-order valence-corrected chi connectivity index (χ0v) is 11.8. The lowest BCUT2D eigenvalue weighted by Crippen LogP contribution is -2.11. The van der Waals surface area contributed by atoms with Gasteiger partial charge in [-0.1, -0.05) is 42.0 Å². The Morgan fingerprint density at radius 1 is 1.05 bits per heavy atom. The van der Waals surface area contributed by atoms with Crippen LogP contribution in [0.1, 0.15) is 34.7 Å². The van der Waals surface area contributed by atoms with Crippen LogP contribution in [0.3, 0.4) is 0 Å². The van der Waals surface area contributed by atoms with Gasteiger partial charge in [-0.05, 0) is 55.4 Å². The lowest BCUT2D eigenvalue weighted by Gasteiger charge is -2.23. The molecule has 0 saturated carbocycles. The monoisotopic (exact) mass is 261 g/mol. The Kier molecular flexibility index (Phi) is 2.66. The van der Waals surface area contributed by atoms with E-state index in [0.29, 0.717) is 5.92 Å². The Hall–Kier alpha value is -2.02. The van der Waals surface area contributed by atoms with Crippen LogP contribution < -0.4 is 0 Å². The van der Waals surface area contributed by atoms with Crippen molar-refractivity contribution < 1.29 is 0 Å². The number of aromatic nitrogens is 1. The first-order valence-corrected chi connectivity index (χ1v) is 7.46. The zero-order valence-electron chi connectivity index (χ0n) is 11.8. The van der Waals surface area contributed by atoms with Crippen LogP contribution in [-0.2, 0) is 12.8 Å². The van der Waals surface area contributed by atoms with E-state index in [-0.39, 0.29) is 0 Å². The third-order valence-electron chi connectivity index (χ3n) is 4.61. The summed E-state index contributed by atoms with van der Waals surface area (Å²) < 4.78 is 0. The number of hydrogen-bond acceptors (Lipinski definition) is 0. The summed E-state index contributed by atoms with van der Waals surface area (Å²) in [5.41, 5.74) is 7.14. The number of H-pyrrole nitrogens is 1. The Labute approximate surface area is 119 Å². The molecule has 20 heavy (non-hydrogen) atoms. The van der Waals surface area contributed by atoms with Crippen molar-refractivity contribution >= 4 is 10.9 Å². The van der Waals surface area contributed by atoms with E-state index in [1.165, 1.54) is 47.0 Å². The van der Waals surface area contributed by atoms with Crippen molar-refractivity contribution in [1.29, 1.82) is 0 Å². The lowest BCUT2D eigenvalue weighted by molar-refractivity contribution is 0.582. The van der Waals surface area contributed by atoms with Gasteiger partial charge in [0.25, 0.3) is 0 Å². The molecule has 0 amide bonds. The Morgan fingerprint density at radius 2 is 1.90 bits per heavy atom. The SMILES string of the molecule is Cc1ccc2[nH]c3c(c2c1)CC(c1ccccc1)CC3. The first kappa shape index (κ1) is 11.8. The second-order valence-corrected chi connectivity index (χ2v) is 5.98. The molecule has 0 radical (unpaired) electrons. The van der Waals surface area contributed by atoms with Gasteiger partial charge < -0.3 is 4.98 Å². The van der Waals surface area contributed by atoms with Crippen LogP contribution in [0.2, 0.25) is 0 Å². The van der Waals surface area contributed by atoms with Gasteiger partial charge in [0.2, 0.25) is 0 Å². The number of aryl methyl sites for hydroxylation is 2. The fraction of sp³-hybridized carbons (Fsp3) is 0.263. The van der Waals surface area contributed by atoms with Gasteiger partial charge in [-0.25, -0.2) is 0 Å². The number of aromatic amines is 1. The molecule has 100 valence electrons. The van der Waals surface area contributed by atoms with E-state index in [1.807, 2.05) is 0 Å². The average molecular weight is 261 g/mol. The minimum absolute atomic E-state index is 0.670. The molecule has 3 aromatic rings. The molecule has 1 atom stereocenters. The molecule has 0 aliphatic heterocycles. The molecule has 1 aliphatic carbocycles.